The number of halogens is 2. The lowest BCUT2D eigenvalue weighted by Crippen LogP contribution is -2.38. The Morgan fingerprint density at radius 1 is 1.17 bits per heavy atom. The Balaban J connectivity index is 1.99. The highest BCUT2D eigenvalue weighted by atomic mass is 35.5. The quantitative estimate of drug-likeness (QED) is 0.652. The molecule has 0 heterocycles. The van der Waals surface area contributed by atoms with Crippen LogP contribution in [-0.2, 0) is 22.9 Å². The molecule has 0 spiro atoms. The average Bonchev–Trinajstić information content (AvgIpc) is 2.72. The third-order valence-corrected chi connectivity index (χ3v) is 7.17. The smallest absolute Gasteiger partial charge is 0.262 e. The summed E-state index contributed by atoms with van der Waals surface area (Å²) in [5, 5.41) is 0.393. The molecule has 1 aliphatic rings. The molecular weight excluding hydrogens is 431 g/mol. The lowest BCUT2D eigenvalue weighted by atomic mass is 9.87. The number of sulfonamides is 1. The van der Waals surface area contributed by atoms with Crippen LogP contribution in [0.1, 0.15) is 17.5 Å². The number of likely N-dealkylation sites (N-methyl/N-ethyl adjacent to an activating group) is 1. The Morgan fingerprint density at radius 3 is 2.53 bits per heavy atom. The van der Waals surface area contributed by atoms with E-state index in [4.69, 9.17) is 21.1 Å². The van der Waals surface area contributed by atoms with Gasteiger partial charge in [-0.1, -0.05) is 11.6 Å². The number of alkyl halides is 1. The zero-order valence-corrected chi connectivity index (χ0v) is 18.8. The fourth-order valence-corrected chi connectivity index (χ4v) is 5.42. The van der Waals surface area contributed by atoms with E-state index in [1.807, 2.05) is 11.9 Å². The summed E-state index contributed by atoms with van der Waals surface area (Å²) in [5.41, 5.74) is 1.85. The molecule has 3 rings (SSSR count). The fourth-order valence-electron chi connectivity index (χ4n) is 3.89. The van der Waals surface area contributed by atoms with Crippen molar-refractivity contribution in [3.63, 3.8) is 0 Å². The average molecular weight is 457 g/mol. The SMILES string of the molecule is COc1ccc(Cl)cc1NS(=O)(=O)c1ccc(OC)c2c1CC[C@H](N(C)CCF)C2. The van der Waals surface area contributed by atoms with Crippen molar-refractivity contribution in [1.29, 1.82) is 0 Å². The van der Waals surface area contributed by atoms with Crippen molar-refractivity contribution >= 4 is 27.3 Å². The highest BCUT2D eigenvalue weighted by Gasteiger charge is 2.30. The molecule has 9 heteroatoms. The standard InChI is InChI=1S/C21H26ClFN2O4S/c1-25(11-10-23)15-5-6-16-17(13-15)19(28-2)8-9-21(16)30(26,27)24-18-12-14(22)4-7-20(18)29-3/h4,7-9,12,15,24H,5-6,10-11,13H2,1-3H3/t15-/m0/s1. The van der Waals surface area contributed by atoms with Gasteiger partial charge in [0.15, 0.2) is 0 Å². The zero-order chi connectivity index (χ0) is 21.9. The minimum atomic E-state index is -3.89. The van der Waals surface area contributed by atoms with E-state index < -0.39 is 16.7 Å². The molecule has 0 aliphatic heterocycles. The van der Waals surface area contributed by atoms with E-state index in [0.717, 1.165) is 17.5 Å². The molecule has 0 radical (unpaired) electrons. The number of nitrogens with one attached hydrogen (secondary N) is 1. The van der Waals surface area contributed by atoms with Crippen LogP contribution in [-0.4, -0.2) is 53.8 Å². The summed E-state index contributed by atoms with van der Waals surface area (Å²) in [7, 11) is 1.02. The largest absolute Gasteiger partial charge is 0.496 e. The molecular formula is C21H26ClFN2O4S. The van der Waals surface area contributed by atoms with E-state index >= 15 is 0 Å². The van der Waals surface area contributed by atoms with Gasteiger partial charge in [-0.2, -0.15) is 0 Å². The maximum atomic E-state index is 13.3. The summed E-state index contributed by atoms with van der Waals surface area (Å²) in [5.74, 6) is 1.01. The number of ether oxygens (including phenoxy) is 2. The normalized spacial score (nSPS) is 16.3. The Labute approximate surface area is 182 Å². The molecule has 0 bridgehead atoms. The number of methoxy groups -OCH3 is 2. The van der Waals surface area contributed by atoms with Crippen LogP contribution in [0.4, 0.5) is 10.1 Å². The number of nitrogens with zero attached hydrogens (tertiary/aromatic N) is 1. The minimum Gasteiger partial charge on any atom is -0.496 e. The van der Waals surface area contributed by atoms with Gasteiger partial charge in [0.1, 0.15) is 18.2 Å². The monoisotopic (exact) mass is 456 g/mol. The molecule has 0 saturated heterocycles. The van der Waals surface area contributed by atoms with E-state index in [2.05, 4.69) is 4.72 Å². The van der Waals surface area contributed by atoms with Gasteiger partial charge in [-0.15, -0.1) is 0 Å². The predicted molar refractivity (Wildman–Crippen MR) is 116 cm³/mol. The summed E-state index contributed by atoms with van der Waals surface area (Å²) in [6.45, 7) is -0.0762. The van der Waals surface area contributed by atoms with Gasteiger partial charge in [0, 0.05) is 23.2 Å². The van der Waals surface area contributed by atoms with Crippen molar-refractivity contribution in [3.8, 4) is 11.5 Å². The first-order valence-corrected chi connectivity index (χ1v) is 11.5. The van der Waals surface area contributed by atoms with Gasteiger partial charge in [0.2, 0.25) is 0 Å². The van der Waals surface area contributed by atoms with Gasteiger partial charge in [-0.25, -0.2) is 12.8 Å². The summed E-state index contributed by atoms with van der Waals surface area (Å²) < 4.78 is 52.6. The van der Waals surface area contributed by atoms with E-state index in [9.17, 15) is 12.8 Å². The van der Waals surface area contributed by atoms with Crippen molar-refractivity contribution in [3.05, 3.63) is 46.5 Å². The predicted octanol–water partition coefficient (Wildman–Crippen LogP) is 3.92. The van der Waals surface area contributed by atoms with Crippen molar-refractivity contribution < 1.29 is 22.3 Å². The second-order valence-electron chi connectivity index (χ2n) is 7.24. The van der Waals surface area contributed by atoms with Gasteiger partial charge in [0.05, 0.1) is 24.8 Å². The molecule has 0 aromatic heterocycles. The van der Waals surface area contributed by atoms with E-state index in [0.29, 0.717) is 35.9 Å². The lowest BCUT2D eigenvalue weighted by Gasteiger charge is -2.33. The molecule has 0 amide bonds. The lowest BCUT2D eigenvalue weighted by molar-refractivity contribution is 0.203. The Bertz CT molecular complexity index is 1020. The third-order valence-electron chi connectivity index (χ3n) is 5.49. The molecule has 1 atom stereocenters. The summed E-state index contributed by atoms with van der Waals surface area (Å²) in [6, 6.07) is 8.09. The molecule has 0 unspecified atom stereocenters. The van der Waals surface area contributed by atoms with Crippen molar-refractivity contribution in [2.24, 2.45) is 0 Å². The Kier molecular flexibility index (Phi) is 7.10. The number of rotatable bonds is 8. The van der Waals surface area contributed by atoms with Crippen molar-refractivity contribution in [2.75, 3.05) is 39.2 Å². The van der Waals surface area contributed by atoms with Gasteiger partial charge in [-0.05, 0) is 62.2 Å². The van der Waals surface area contributed by atoms with Gasteiger partial charge >= 0.3 is 0 Å². The zero-order valence-electron chi connectivity index (χ0n) is 17.2. The number of hydrogen-bond acceptors (Lipinski definition) is 5. The second kappa shape index (κ2) is 9.41. The third kappa shape index (κ3) is 4.66. The minimum absolute atomic E-state index is 0.126. The Hall–Kier alpha value is -2.03. The second-order valence-corrected chi connectivity index (χ2v) is 9.33. The highest BCUT2D eigenvalue weighted by molar-refractivity contribution is 7.92. The van der Waals surface area contributed by atoms with Crippen molar-refractivity contribution in [2.45, 2.75) is 30.2 Å². The molecule has 1 N–H and O–H groups in total. The van der Waals surface area contributed by atoms with Crippen molar-refractivity contribution in [1.82, 2.24) is 4.90 Å². The van der Waals surface area contributed by atoms with E-state index in [1.54, 1.807) is 31.4 Å². The first-order chi connectivity index (χ1) is 14.3. The van der Waals surface area contributed by atoms with Crippen LogP contribution < -0.4 is 14.2 Å². The van der Waals surface area contributed by atoms with Crippen LogP contribution in [0.2, 0.25) is 5.02 Å². The summed E-state index contributed by atoms with van der Waals surface area (Å²) in [6.07, 6.45) is 1.88. The highest BCUT2D eigenvalue weighted by Crippen LogP contribution is 2.37. The van der Waals surface area contributed by atoms with E-state index in [-0.39, 0.29) is 16.6 Å². The topological polar surface area (TPSA) is 67.9 Å². The number of benzene rings is 2. The summed E-state index contributed by atoms with van der Waals surface area (Å²) >= 11 is 6.04. The first-order valence-electron chi connectivity index (χ1n) is 9.62. The fraction of sp³-hybridized carbons (Fsp3) is 0.429. The van der Waals surface area contributed by atoms with Gasteiger partial charge in [-0.3, -0.25) is 4.72 Å². The van der Waals surface area contributed by atoms with Crippen LogP contribution in [0.25, 0.3) is 0 Å². The van der Waals surface area contributed by atoms with Crippen LogP contribution in [0.15, 0.2) is 35.2 Å². The number of anilines is 1. The molecule has 164 valence electrons. The van der Waals surface area contributed by atoms with Crippen LogP contribution in [0.5, 0.6) is 11.5 Å². The van der Waals surface area contributed by atoms with Gasteiger partial charge in [0.25, 0.3) is 10.0 Å². The van der Waals surface area contributed by atoms with Crippen LogP contribution in [0.3, 0.4) is 0 Å². The van der Waals surface area contributed by atoms with E-state index in [1.165, 1.54) is 13.2 Å². The molecule has 0 fully saturated rings. The van der Waals surface area contributed by atoms with Crippen LogP contribution in [0, 0.1) is 0 Å². The molecule has 30 heavy (non-hydrogen) atoms. The Morgan fingerprint density at radius 2 is 1.87 bits per heavy atom. The number of hydrogen-bond donors (Lipinski definition) is 1. The molecule has 2 aromatic rings. The first kappa shape index (κ1) is 22.7. The summed E-state index contributed by atoms with van der Waals surface area (Å²) in [4.78, 5) is 2.17. The maximum absolute atomic E-state index is 13.3. The molecule has 6 nitrogen and oxygen atoms in total. The number of fused-ring (bicyclic) bond motifs is 1. The van der Waals surface area contributed by atoms with Gasteiger partial charge < -0.3 is 14.4 Å². The maximum Gasteiger partial charge on any atom is 0.262 e. The molecule has 1 aliphatic carbocycles. The molecule has 0 saturated carbocycles. The molecule has 2 aromatic carbocycles. The van der Waals surface area contributed by atoms with Crippen LogP contribution >= 0.6 is 11.6 Å².